The van der Waals surface area contributed by atoms with Gasteiger partial charge in [0, 0.05) is 24.3 Å². The molecule has 1 rings (SSSR count). The summed E-state index contributed by atoms with van der Waals surface area (Å²) in [5, 5.41) is 14.5. The molecule has 5 nitrogen and oxygen atoms in total. The van der Waals surface area contributed by atoms with Gasteiger partial charge < -0.3 is 10.4 Å². The zero-order valence-electron chi connectivity index (χ0n) is 10.8. The van der Waals surface area contributed by atoms with Crippen molar-refractivity contribution in [2.45, 2.75) is 27.2 Å². The first-order chi connectivity index (χ1) is 8.41. The molecule has 0 spiro atoms. The van der Waals surface area contributed by atoms with Crippen LogP contribution in [0.1, 0.15) is 24.5 Å². The molecule has 0 radical (unpaired) electrons. The highest BCUT2D eigenvalue weighted by molar-refractivity contribution is 7.09. The lowest BCUT2D eigenvalue weighted by Gasteiger charge is -2.15. The first-order valence-corrected chi connectivity index (χ1v) is 6.71. The smallest absolute Gasteiger partial charge is 0.307 e. The van der Waals surface area contributed by atoms with Gasteiger partial charge in [-0.05, 0) is 6.92 Å². The maximum absolute atomic E-state index is 11.7. The molecule has 6 heteroatoms. The highest BCUT2D eigenvalue weighted by Gasteiger charge is 2.25. The summed E-state index contributed by atoms with van der Waals surface area (Å²) < 4.78 is 0. The molecule has 2 N–H and O–H groups in total. The minimum absolute atomic E-state index is 0.225. The van der Waals surface area contributed by atoms with Crippen molar-refractivity contribution in [2.24, 2.45) is 11.8 Å². The zero-order chi connectivity index (χ0) is 13.7. The van der Waals surface area contributed by atoms with Crippen LogP contribution in [0.25, 0.3) is 0 Å². The molecular formula is C12H18N2O3S. The molecule has 0 aliphatic rings. The van der Waals surface area contributed by atoms with Crippen LogP contribution in [0.5, 0.6) is 0 Å². The van der Waals surface area contributed by atoms with Gasteiger partial charge >= 0.3 is 5.97 Å². The van der Waals surface area contributed by atoms with E-state index in [-0.39, 0.29) is 5.91 Å². The van der Waals surface area contributed by atoms with E-state index in [1.54, 1.807) is 18.3 Å². The Bertz CT molecular complexity index is 431. The summed E-state index contributed by atoms with van der Waals surface area (Å²) in [6.45, 7) is 5.58. The standard InChI is InChI=1S/C12H18N2O3S/c1-7(8(2)12(16)17)11(15)13-5-4-10-6-18-9(3)14-10/h6-8H,4-5H2,1-3H3,(H,13,15)(H,16,17). The van der Waals surface area contributed by atoms with Crippen LogP contribution in [0.4, 0.5) is 0 Å². The zero-order valence-corrected chi connectivity index (χ0v) is 11.6. The number of rotatable bonds is 6. The number of amides is 1. The lowest BCUT2D eigenvalue weighted by molar-refractivity contribution is -0.146. The molecule has 0 saturated heterocycles. The van der Waals surface area contributed by atoms with Gasteiger partial charge in [0.05, 0.1) is 16.6 Å². The number of aliphatic carboxylic acids is 1. The maximum atomic E-state index is 11.7. The predicted octanol–water partition coefficient (Wildman–Crippen LogP) is 1.47. The quantitative estimate of drug-likeness (QED) is 0.820. The molecule has 2 unspecified atom stereocenters. The number of hydrogen-bond acceptors (Lipinski definition) is 4. The van der Waals surface area contributed by atoms with Crippen LogP contribution in [0.2, 0.25) is 0 Å². The van der Waals surface area contributed by atoms with Crippen LogP contribution in [0.15, 0.2) is 5.38 Å². The summed E-state index contributed by atoms with van der Waals surface area (Å²) in [5.41, 5.74) is 0.955. The van der Waals surface area contributed by atoms with E-state index in [1.165, 1.54) is 6.92 Å². The molecule has 0 aliphatic heterocycles. The monoisotopic (exact) mass is 270 g/mol. The average molecular weight is 270 g/mol. The molecule has 0 aliphatic carbocycles. The molecule has 1 aromatic rings. The number of carbonyl (C=O) groups is 2. The molecule has 1 heterocycles. The molecule has 1 aromatic heterocycles. The Labute approximate surface area is 110 Å². The van der Waals surface area contributed by atoms with E-state index >= 15 is 0 Å². The summed E-state index contributed by atoms with van der Waals surface area (Å²) in [5.74, 6) is -2.38. The van der Waals surface area contributed by atoms with Gasteiger partial charge in [0.15, 0.2) is 0 Å². The van der Waals surface area contributed by atoms with Crippen LogP contribution >= 0.6 is 11.3 Å². The first kappa shape index (κ1) is 14.6. The van der Waals surface area contributed by atoms with Crippen LogP contribution in [-0.2, 0) is 16.0 Å². The van der Waals surface area contributed by atoms with Crippen molar-refractivity contribution in [2.75, 3.05) is 6.54 Å². The number of aromatic nitrogens is 1. The Morgan fingerprint density at radius 1 is 1.44 bits per heavy atom. The highest BCUT2D eigenvalue weighted by Crippen LogP contribution is 2.11. The fraction of sp³-hybridized carbons (Fsp3) is 0.583. The lowest BCUT2D eigenvalue weighted by atomic mass is 9.95. The summed E-state index contributed by atoms with van der Waals surface area (Å²) in [6, 6.07) is 0. The van der Waals surface area contributed by atoms with Crippen LogP contribution in [-0.4, -0.2) is 28.5 Å². The van der Waals surface area contributed by atoms with Gasteiger partial charge in [0.25, 0.3) is 0 Å². The fourth-order valence-corrected chi connectivity index (χ4v) is 2.09. The van der Waals surface area contributed by atoms with Gasteiger partial charge in [-0.3, -0.25) is 9.59 Å². The van der Waals surface area contributed by atoms with E-state index in [9.17, 15) is 9.59 Å². The Morgan fingerprint density at radius 3 is 2.61 bits per heavy atom. The topological polar surface area (TPSA) is 79.3 Å². The van der Waals surface area contributed by atoms with Crippen molar-refractivity contribution < 1.29 is 14.7 Å². The van der Waals surface area contributed by atoms with E-state index in [2.05, 4.69) is 10.3 Å². The van der Waals surface area contributed by atoms with Crippen molar-refractivity contribution in [1.82, 2.24) is 10.3 Å². The SMILES string of the molecule is Cc1nc(CCNC(=O)C(C)C(C)C(=O)O)cs1. The molecular weight excluding hydrogens is 252 g/mol. The van der Waals surface area contributed by atoms with Gasteiger partial charge in [-0.15, -0.1) is 11.3 Å². The van der Waals surface area contributed by atoms with Gasteiger partial charge in [0.2, 0.25) is 5.91 Å². The minimum Gasteiger partial charge on any atom is -0.481 e. The lowest BCUT2D eigenvalue weighted by Crippen LogP contribution is -2.36. The molecule has 2 atom stereocenters. The van der Waals surface area contributed by atoms with E-state index in [0.717, 1.165) is 10.7 Å². The van der Waals surface area contributed by atoms with E-state index in [0.29, 0.717) is 13.0 Å². The second-order valence-corrected chi connectivity index (χ2v) is 5.38. The normalized spacial score (nSPS) is 13.9. The second kappa shape index (κ2) is 6.49. The Balaban J connectivity index is 2.35. The predicted molar refractivity (Wildman–Crippen MR) is 69.5 cm³/mol. The third kappa shape index (κ3) is 4.10. The summed E-state index contributed by atoms with van der Waals surface area (Å²) in [7, 11) is 0. The van der Waals surface area contributed by atoms with Crippen LogP contribution < -0.4 is 5.32 Å². The Kier molecular flexibility index (Phi) is 5.27. The third-order valence-corrected chi connectivity index (χ3v) is 3.72. The number of carboxylic acids is 1. The van der Waals surface area contributed by atoms with Gasteiger partial charge in [-0.25, -0.2) is 4.98 Å². The number of nitrogens with one attached hydrogen (secondary N) is 1. The van der Waals surface area contributed by atoms with Crippen LogP contribution in [0.3, 0.4) is 0 Å². The number of carboxylic acid groups (broad SMARTS) is 1. The summed E-state index contributed by atoms with van der Waals surface area (Å²) in [4.78, 5) is 26.7. The van der Waals surface area contributed by atoms with Gasteiger partial charge in [0.1, 0.15) is 0 Å². The number of hydrogen-bond donors (Lipinski definition) is 2. The van der Waals surface area contributed by atoms with E-state index in [1.807, 2.05) is 12.3 Å². The molecule has 1 amide bonds. The average Bonchev–Trinajstić information content (AvgIpc) is 2.72. The molecule has 0 bridgehead atoms. The number of aryl methyl sites for hydroxylation is 1. The molecule has 0 aromatic carbocycles. The largest absolute Gasteiger partial charge is 0.481 e. The van der Waals surface area contributed by atoms with Crippen molar-refractivity contribution in [3.8, 4) is 0 Å². The number of carbonyl (C=O) groups excluding carboxylic acids is 1. The molecule has 0 fully saturated rings. The van der Waals surface area contributed by atoms with Crippen molar-refractivity contribution in [1.29, 1.82) is 0 Å². The molecule has 100 valence electrons. The number of thiazole rings is 1. The number of nitrogens with zero attached hydrogens (tertiary/aromatic N) is 1. The first-order valence-electron chi connectivity index (χ1n) is 5.83. The second-order valence-electron chi connectivity index (χ2n) is 4.31. The van der Waals surface area contributed by atoms with Crippen molar-refractivity contribution in [3.63, 3.8) is 0 Å². The van der Waals surface area contributed by atoms with E-state index < -0.39 is 17.8 Å². The van der Waals surface area contributed by atoms with Crippen molar-refractivity contribution >= 4 is 23.2 Å². The Morgan fingerprint density at radius 2 is 2.11 bits per heavy atom. The molecule has 0 saturated carbocycles. The highest BCUT2D eigenvalue weighted by atomic mass is 32.1. The third-order valence-electron chi connectivity index (χ3n) is 2.90. The maximum Gasteiger partial charge on any atom is 0.307 e. The van der Waals surface area contributed by atoms with Crippen molar-refractivity contribution in [3.05, 3.63) is 16.1 Å². The summed E-state index contributed by atoms with van der Waals surface area (Å²) in [6.07, 6.45) is 0.671. The Hall–Kier alpha value is -1.43. The minimum atomic E-state index is -0.951. The van der Waals surface area contributed by atoms with Gasteiger partial charge in [-0.1, -0.05) is 13.8 Å². The van der Waals surface area contributed by atoms with Gasteiger partial charge in [-0.2, -0.15) is 0 Å². The fourth-order valence-electron chi connectivity index (χ4n) is 1.44. The molecule has 18 heavy (non-hydrogen) atoms. The summed E-state index contributed by atoms with van der Waals surface area (Å²) >= 11 is 1.58. The van der Waals surface area contributed by atoms with E-state index in [4.69, 9.17) is 5.11 Å². The van der Waals surface area contributed by atoms with Crippen LogP contribution in [0, 0.1) is 18.8 Å².